The van der Waals surface area contributed by atoms with Crippen LogP contribution in [0.2, 0.25) is 0 Å². The van der Waals surface area contributed by atoms with Gasteiger partial charge in [0.25, 0.3) is 0 Å². The molecule has 0 amide bonds. The molecule has 0 bridgehead atoms. The third-order valence-electron chi connectivity index (χ3n) is 2.56. The van der Waals surface area contributed by atoms with Gasteiger partial charge in [0, 0.05) is 5.56 Å². The molecule has 0 fully saturated rings. The fourth-order valence-electron chi connectivity index (χ4n) is 1.61. The van der Waals surface area contributed by atoms with Crippen molar-refractivity contribution in [2.45, 2.75) is 6.92 Å². The molecular formula is C15H15N3OS. The molecule has 0 aliphatic heterocycles. The van der Waals surface area contributed by atoms with Gasteiger partial charge < -0.3 is 10.5 Å². The van der Waals surface area contributed by atoms with Gasteiger partial charge in [0.15, 0.2) is 5.11 Å². The molecule has 0 heterocycles. The standard InChI is InChI=1S/C15H15N3OS/c1-11(17-18-15(16)20)12-6-5-9-14(10-12)19-13-7-3-2-4-8-13/h2-10H,1H3,(H3,16,18,20)/b17-11+. The van der Waals surface area contributed by atoms with Crippen LogP contribution in [-0.4, -0.2) is 10.8 Å². The van der Waals surface area contributed by atoms with Gasteiger partial charge in [0.1, 0.15) is 11.5 Å². The number of hydrogen-bond acceptors (Lipinski definition) is 3. The Labute approximate surface area is 123 Å². The van der Waals surface area contributed by atoms with Crippen LogP contribution in [0.25, 0.3) is 0 Å². The highest BCUT2D eigenvalue weighted by Crippen LogP contribution is 2.21. The van der Waals surface area contributed by atoms with Crippen LogP contribution in [0.4, 0.5) is 0 Å². The summed E-state index contributed by atoms with van der Waals surface area (Å²) in [6.45, 7) is 1.87. The highest BCUT2D eigenvalue weighted by Gasteiger charge is 2.01. The molecule has 2 aromatic rings. The number of para-hydroxylation sites is 1. The predicted octanol–water partition coefficient (Wildman–Crippen LogP) is 3.04. The van der Waals surface area contributed by atoms with Gasteiger partial charge in [-0.15, -0.1) is 0 Å². The number of benzene rings is 2. The van der Waals surface area contributed by atoms with Gasteiger partial charge in [-0.3, -0.25) is 5.43 Å². The summed E-state index contributed by atoms with van der Waals surface area (Å²) in [6, 6.07) is 17.3. The smallest absolute Gasteiger partial charge is 0.184 e. The van der Waals surface area contributed by atoms with Gasteiger partial charge in [0.05, 0.1) is 5.71 Å². The third-order valence-corrected chi connectivity index (χ3v) is 2.66. The first-order chi connectivity index (χ1) is 9.65. The lowest BCUT2D eigenvalue weighted by Crippen LogP contribution is -2.25. The highest BCUT2D eigenvalue weighted by atomic mass is 32.1. The van der Waals surface area contributed by atoms with Crippen molar-refractivity contribution in [1.29, 1.82) is 0 Å². The maximum atomic E-state index is 5.77. The van der Waals surface area contributed by atoms with Crippen LogP contribution in [0, 0.1) is 0 Å². The van der Waals surface area contributed by atoms with Crippen molar-refractivity contribution in [3.8, 4) is 11.5 Å². The van der Waals surface area contributed by atoms with Gasteiger partial charge in [-0.1, -0.05) is 30.3 Å². The summed E-state index contributed by atoms with van der Waals surface area (Å²) in [7, 11) is 0. The Hall–Kier alpha value is -2.40. The monoisotopic (exact) mass is 285 g/mol. The molecule has 4 nitrogen and oxygen atoms in total. The minimum Gasteiger partial charge on any atom is -0.457 e. The van der Waals surface area contributed by atoms with Crippen molar-refractivity contribution in [2.24, 2.45) is 10.8 Å². The molecule has 5 heteroatoms. The molecule has 0 atom stereocenters. The van der Waals surface area contributed by atoms with Gasteiger partial charge in [-0.05, 0) is 43.4 Å². The number of hydrazone groups is 1. The van der Waals surface area contributed by atoms with E-state index in [-0.39, 0.29) is 5.11 Å². The Balaban J connectivity index is 2.16. The number of hydrogen-bond donors (Lipinski definition) is 2. The molecule has 3 N–H and O–H groups in total. The quantitative estimate of drug-likeness (QED) is 0.515. The van der Waals surface area contributed by atoms with E-state index in [1.54, 1.807) is 0 Å². The van der Waals surface area contributed by atoms with Crippen LogP contribution in [0.1, 0.15) is 12.5 Å². The number of thiocarbonyl (C=S) groups is 1. The zero-order valence-corrected chi connectivity index (χ0v) is 11.9. The summed E-state index contributed by atoms with van der Waals surface area (Å²) in [5.74, 6) is 1.54. The first-order valence-electron chi connectivity index (χ1n) is 6.08. The molecule has 0 aromatic heterocycles. The Morgan fingerprint density at radius 3 is 2.50 bits per heavy atom. The molecule has 0 unspecified atom stereocenters. The minimum absolute atomic E-state index is 0.140. The van der Waals surface area contributed by atoms with Gasteiger partial charge in [-0.2, -0.15) is 5.10 Å². The summed E-state index contributed by atoms with van der Waals surface area (Å²) in [5, 5.41) is 4.23. The SMILES string of the molecule is C/C(=N\NC(N)=S)c1cccc(Oc2ccccc2)c1. The molecule has 0 aliphatic rings. The Kier molecular flexibility index (Phi) is 4.68. The largest absolute Gasteiger partial charge is 0.457 e. The van der Waals surface area contributed by atoms with Gasteiger partial charge in [-0.25, -0.2) is 0 Å². The maximum absolute atomic E-state index is 5.77. The fraction of sp³-hybridized carbons (Fsp3) is 0.0667. The number of rotatable bonds is 4. The van der Waals surface area contributed by atoms with Crippen LogP contribution < -0.4 is 15.9 Å². The summed E-state index contributed by atoms with van der Waals surface area (Å²) in [5.41, 5.74) is 9.62. The summed E-state index contributed by atoms with van der Waals surface area (Å²) < 4.78 is 5.77. The lowest BCUT2D eigenvalue weighted by atomic mass is 10.1. The molecule has 20 heavy (non-hydrogen) atoms. The summed E-state index contributed by atoms with van der Waals surface area (Å²) >= 11 is 4.71. The van der Waals surface area contributed by atoms with Crippen LogP contribution in [0.3, 0.4) is 0 Å². The number of nitrogens with one attached hydrogen (secondary N) is 1. The zero-order valence-electron chi connectivity index (χ0n) is 11.0. The van der Waals surface area contributed by atoms with Crippen molar-refractivity contribution in [1.82, 2.24) is 5.43 Å². The van der Waals surface area contributed by atoms with E-state index < -0.39 is 0 Å². The van der Waals surface area contributed by atoms with Crippen LogP contribution in [0.15, 0.2) is 59.7 Å². The highest BCUT2D eigenvalue weighted by molar-refractivity contribution is 7.80. The van der Waals surface area contributed by atoms with E-state index in [0.717, 1.165) is 22.8 Å². The van der Waals surface area contributed by atoms with Crippen molar-refractivity contribution in [3.63, 3.8) is 0 Å². The van der Waals surface area contributed by atoms with E-state index >= 15 is 0 Å². The van der Waals surface area contributed by atoms with Crippen molar-refractivity contribution in [2.75, 3.05) is 0 Å². The van der Waals surface area contributed by atoms with Crippen LogP contribution in [-0.2, 0) is 0 Å². The molecule has 0 spiro atoms. The summed E-state index contributed by atoms with van der Waals surface area (Å²) in [6.07, 6.45) is 0. The lowest BCUT2D eigenvalue weighted by molar-refractivity contribution is 0.482. The third kappa shape index (κ3) is 4.07. The van der Waals surface area contributed by atoms with E-state index in [4.69, 9.17) is 22.7 Å². The summed E-state index contributed by atoms with van der Waals surface area (Å²) in [4.78, 5) is 0. The molecule has 2 aromatic carbocycles. The average molecular weight is 285 g/mol. The molecule has 0 saturated heterocycles. The lowest BCUT2D eigenvalue weighted by Gasteiger charge is -2.07. The maximum Gasteiger partial charge on any atom is 0.184 e. The van der Waals surface area contributed by atoms with Gasteiger partial charge >= 0.3 is 0 Å². The van der Waals surface area contributed by atoms with E-state index in [2.05, 4.69) is 10.5 Å². The Bertz CT molecular complexity index is 626. The van der Waals surface area contributed by atoms with E-state index in [0.29, 0.717) is 0 Å². The fourth-order valence-corrected chi connectivity index (χ4v) is 1.66. The topological polar surface area (TPSA) is 59.6 Å². The minimum atomic E-state index is 0.140. The van der Waals surface area contributed by atoms with Crippen molar-refractivity contribution >= 4 is 23.0 Å². The van der Waals surface area contributed by atoms with Crippen molar-refractivity contribution in [3.05, 3.63) is 60.2 Å². The van der Waals surface area contributed by atoms with Gasteiger partial charge in [0.2, 0.25) is 0 Å². The van der Waals surface area contributed by atoms with Crippen molar-refractivity contribution < 1.29 is 4.74 Å². The van der Waals surface area contributed by atoms with E-state index in [1.807, 2.05) is 61.5 Å². The molecule has 0 radical (unpaired) electrons. The van der Waals surface area contributed by atoms with E-state index in [1.165, 1.54) is 0 Å². The number of nitrogens with zero attached hydrogens (tertiary/aromatic N) is 1. The second kappa shape index (κ2) is 6.68. The van der Waals surface area contributed by atoms with Crippen LogP contribution >= 0.6 is 12.2 Å². The zero-order chi connectivity index (χ0) is 14.4. The van der Waals surface area contributed by atoms with E-state index in [9.17, 15) is 0 Å². The molecule has 2 rings (SSSR count). The van der Waals surface area contributed by atoms with Crippen LogP contribution in [0.5, 0.6) is 11.5 Å². The average Bonchev–Trinajstić information content (AvgIpc) is 2.46. The molecular weight excluding hydrogens is 270 g/mol. The molecule has 102 valence electrons. The predicted molar refractivity (Wildman–Crippen MR) is 85.1 cm³/mol. The Morgan fingerprint density at radius 1 is 1.10 bits per heavy atom. The first-order valence-corrected chi connectivity index (χ1v) is 6.49. The second-order valence-electron chi connectivity index (χ2n) is 4.12. The molecule has 0 saturated carbocycles. The molecule has 0 aliphatic carbocycles. The number of ether oxygens (including phenoxy) is 1. The first kappa shape index (κ1) is 14.0. The Morgan fingerprint density at radius 2 is 1.80 bits per heavy atom. The second-order valence-corrected chi connectivity index (χ2v) is 4.56. The normalized spacial score (nSPS) is 10.9. The number of nitrogens with two attached hydrogens (primary N) is 1.